The number of allylic oxidation sites excluding steroid dienone is 1. The van der Waals surface area contributed by atoms with Gasteiger partial charge in [-0.2, -0.15) is 0 Å². The first kappa shape index (κ1) is 18.9. The van der Waals surface area contributed by atoms with Gasteiger partial charge in [0.2, 0.25) is 0 Å². The number of benzene rings is 2. The third kappa shape index (κ3) is 4.63. The maximum atomic E-state index is 14.7. The number of halogens is 1. The molecule has 138 valence electrons. The largest absolute Gasteiger partial charge is 0.207 e. The first-order valence-corrected chi connectivity index (χ1v) is 10.2. The molecule has 0 nitrogen and oxygen atoms in total. The minimum absolute atomic E-state index is 0.00458. The Morgan fingerprint density at radius 3 is 2.62 bits per heavy atom. The van der Waals surface area contributed by atoms with Crippen molar-refractivity contribution < 1.29 is 4.39 Å². The second kappa shape index (κ2) is 9.16. The lowest BCUT2D eigenvalue weighted by Crippen LogP contribution is -2.14. The van der Waals surface area contributed by atoms with Crippen LogP contribution in [-0.4, -0.2) is 0 Å². The highest BCUT2D eigenvalue weighted by Gasteiger charge is 2.22. The van der Waals surface area contributed by atoms with Crippen molar-refractivity contribution in [1.82, 2.24) is 0 Å². The Bertz CT molecular complexity index is 744. The molecule has 0 radical (unpaired) electrons. The molecular weight excluding hydrogens is 319 g/mol. The van der Waals surface area contributed by atoms with Crippen LogP contribution in [0, 0.1) is 5.82 Å². The maximum absolute atomic E-state index is 14.7. The standard InChI is InChI=1S/C25H31F/c1-3-5-7-9-20-11-15-24(25(26)17-20)23-14-13-21-16-19(8-6-4-2)10-12-22(21)18-23/h4,10-12,15-17,23H,2-3,5-9,13-14,18H2,1H3. The van der Waals surface area contributed by atoms with Crippen molar-refractivity contribution in [2.24, 2.45) is 0 Å². The van der Waals surface area contributed by atoms with Gasteiger partial charge in [-0.1, -0.05) is 56.2 Å². The van der Waals surface area contributed by atoms with E-state index in [2.05, 4.69) is 37.8 Å². The summed E-state index contributed by atoms with van der Waals surface area (Å²) >= 11 is 0. The van der Waals surface area contributed by atoms with E-state index in [4.69, 9.17) is 0 Å². The van der Waals surface area contributed by atoms with Gasteiger partial charge in [0.15, 0.2) is 0 Å². The number of unbranched alkanes of at least 4 members (excludes halogenated alkanes) is 2. The van der Waals surface area contributed by atoms with E-state index >= 15 is 0 Å². The molecule has 26 heavy (non-hydrogen) atoms. The Morgan fingerprint density at radius 2 is 1.85 bits per heavy atom. The van der Waals surface area contributed by atoms with E-state index < -0.39 is 0 Å². The molecule has 1 heteroatoms. The Kier molecular flexibility index (Phi) is 6.66. The van der Waals surface area contributed by atoms with Crippen molar-refractivity contribution in [2.75, 3.05) is 0 Å². The molecule has 1 unspecified atom stereocenters. The third-order valence-corrected chi connectivity index (χ3v) is 5.71. The van der Waals surface area contributed by atoms with Crippen LogP contribution < -0.4 is 0 Å². The quantitative estimate of drug-likeness (QED) is 0.357. The third-order valence-electron chi connectivity index (χ3n) is 5.71. The molecule has 0 fully saturated rings. The Labute approximate surface area is 158 Å². The summed E-state index contributed by atoms with van der Waals surface area (Å²) < 4.78 is 14.7. The summed E-state index contributed by atoms with van der Waals surface area (Å²) in [5.74, 6) is 0.307. The van der Waals surface area contributed by atoms with Crippen LogP contribution in [0.5, 0.6) is 0 Å². The van der Waals surface area contributed by atoms with Gasteiger partial charge in [0.25, 0.3) is 0 Å². The number of aryl methyl sites for hydroxylation is 3. The Balaban J connectivity index is 1.69. The van der Waals surface area contributed by atoms with E-state index in [0.29, 0.717) is 5.92 Å². The molecule has 0 bridgehead atoms. The van der Waals surface area contributed by atoms with Gasteiger partial charge < -0.3 is 0 Å². The molecule has 0 saturated carbocycles. The van der Waals surface area contributed by atoms with E-state index in [9.17, 15) is 4.39 Å². The Hall–Kier alpha value is -1.89. The number of hydrogen-bond donors (Lipinski definition) is 0. The molecule has 0 aromatic heterocycles. The van der Waals surface area contributed by atoms with Gasteiger partial charge in [-0.25, -0.2) is 4.39 Å². The molecule has 3 rings (SSSR count). The van der Waals surface area contributed by atoms with Gasteiger partial charge in [-0.05, 0) is 84.7 Å². The van der Waals surface area contributed by atoms with E-state index in [1.807, 2.05) is 12.1 Å². The molecule has 0 saturated heterocycles. The molecule has 2 aromatic carbocycles. The molecule has 1 aliphatic carbocycles. The van der Waals surface area contributed by atoms with Crippen molar-refractivity contribution in [3.63, 3.8) is 0 Å². The van der Waals surface area contributed by atoms with Crippen LogP contribution in [-0.2, 0) is 25.7 Å². The first-order chi connectivity index (χ1) is 12.7. The summed E-state index contributed by atoms with van der Waals surface area (Å²) in [6, 6.07) is 12.8. The van der Waals surface area contributed by atoms with Gasteiger partial charge in [0, 0.05) is 0 Å². The summed E-state index contributed by atoms with van der Waals surface area (Å²) in [5.41, 5.74) is 6.30. The zero-order valence-electron chi connectivity index (χ0n) is 16.1. The average molecular weight is 351 g/mol. The average Bonchev–Trinajstić information content (AvgIpc) is 2.66. The van der Waals surface area contributed by atoms with E-state index in [1.54, 1.807) is 6.07 Å². The fourth-order valence-electron chi connectivity index (χ4n) is 4.13. The van der Waals surface area contributed by atoms with E-state index in [0.717, 1.165) is 56.1 Å². The molecule has 1 atom stereocenters. The fourth-order valence-corrected chi connectivity index (χ4v) is 4.13. The van der Waals surface area contributed by atoms with Crippen molar-refractivity contribution in [3.8, 4) is 0 Å². The van der Waals surface area contributed by atoms with Crippen LogP contribution in [0.3, 0.4) is 0 Å². The number of hydrogen-bond acceptors (Lipinski definition) is 0. The van der Waals surface area contributed by atoms with Crippen molar-refractivity contribution in [3.05, 3.63) is 82.7 Å². The summed E-state index contributed by atoms with van der Waals surface area (Å²) in [7, 11) is 0. The topological polar surface area (TPSA) is 0 Å². The highest BCUT2D eigenvalue weighted by Crippen LogP contribution is 2.34. The molecule has 0 spiro atoms. The Morgan fingerprint density at radius 1 is 1.04 bits per heavy atom. The van der Waals surface area contributed by atoms with Crippen molar-refractivity contribution >= 4 is 0 Å². The highest BCUT2D eigenvalue weighted by atomic mass is 19.1. The lowest BCUT2D eigenvalue weighted by molar-refractivity contribution is 0.532. The summed E-state index contributed by atoms with van der Waals surface area (Å²) in [6.07, 6.45) is 11.7. The summed E-state index contributed by atoms with van der Waals surface area (Å²) in [4.78, 5) is 0. The van der Waals surface area contributed by atoms with Gasteiger partial charge in [0.1, 0.15) is 5.82 Å². The molecule has 2 aromatic rings. The smallest absolute Gasteiger partial charge is 0.126 e. The summed E-state index contributed by atoms with van der Waals surface area (Å²) in [6.45, 7) is 6.01. The molecule has 0 heterocycles. The van der Waals surface area contributed by atoms with Gasteiger partial charge in [-0.15, -0.1) is 6.58 Å². The van der Waals surface area contributed by atoms with Gasteiger partial charge >= 0.3 is 0 Å². The van der Waals surface area contributed by atoms with Crippen LogP contribution in [0.25, 0.3) is 0 Å². The lowest BCUT2D eigenvalue weighted by atomic mass is 9.79. The minimum atomic E-state index is -0.00458. The molecule has 0 amide bonds. The van der Waals surface area contributed by atoms with Crippen LogP contribution in [0.2, 0.25) is 0 Å². The van der Waals surface area contributed by atoms with E-state index in [1.165, 1.54) is 29.5 Å². The van der Waals surface area contributed by atoms with Crippen LogP contribution in [0.1, 0.15) is 72.8 Å². The highest BCUT2D eigenvalue weighted by molar-refractivity contribution is 5.38. The second-order valence-electron chi connectivity index (χ2n) is 7.68. The predicted octanol–water partition coefficient (Wildman–Crippen LogP) is 6.95. The van der Waals surface area contributed by atoms with E-state index in [-0.39, 0.29) is 5.82 Å². The fraction of sp³-hybridized carbons (Fsp3) is 0.440. The van der Waals surface area contributed by atoms with Crippen LogP contribution in [0.4, 0.5) is 4.39 Å². The van der Waals surface area contributed by atoms with Crippen molar-refractivity contribution in [1.29, 1.82) is 0 Å². The summed E-state index contributed by atoms with van der Waals surface area (Å²) in [5, 5.41) is 0. The maximum Gasteiger partial charge on any atom is 0.126 e. The molecule has 0 N–H and O–H groups in total. The van der Waals surface area contributed by atoms with Gasteiger partial charge in [-0.3, -0.25) is 0 Å². The molecule has 0 aliphatic heterocycles. The van der Waals surface area contributed by atoms with Crippen molar-refractivity contribution in [2.45, 2.75) is 70.6 Å². The first-order valence-electron chi connectivity index (χ1n) is 10.2. The zero-order valence-corrected chi connectivity index (χ0v) is 16.1. The zero-order chi connectivity index (χ0) is 18.4. The van der Waals surface area contributed by atoms with Crippen LogP contribution in [0.15, 0.2) is 49.1 Å². The number of rotatable bonds is 8. The van der Waals surface area contributed by atoms with Crippen LogP contribution >= 0.6 is 0 Å². The number of fused-ring (bicyclic) bond motifs is 1. The SMILES string of the molecule is C=CCCc1ccc2c(c1)CCC(c1ccc(CCCCC)cc1F)C2. The second-order valence-corrected chi connectivity index (χ2v) is 7.68. The lowest BCUT2D eigenvalue weighted by Gasteiger charge is -2.26. The molecular formula is C25H31F. The molecule has 1 aliphatic rings. The van der Waals surface area contributed by atoms with Gasteiger partial charge in [0.05, 0.1) is 0 Å². The monoisotopic (exact) mass is 350 g/mol. The predicted molar refractivity (Wildman–Crippen MR) is 109 cm³/mol. The normalized spacial score (nSPS) is 16.3. The minimum Gasteiger partial charge on any atom is -0.207 e.